The minimum atomic E-state index is -3.75. The first-order chi connectivity index (χ1) is 21.5. The highest BCUT2D eigenvalue weighted by Gasteiger charge is 2.27. The summed E-state index contributed by atoms with van der Waals surface area (Å²) < 4.78 is 34.2. The summed E-state index contributed by atoms with van der Waals surface area (Å²) in [7, 11) is -0.160. The molecular formula is C35H44N4O4S2. The molecule has 0 fully saturated rings. The van der Waals surface area contributed by atoms with Crippen molar-refractivity contribution in [3.63, 3.8) is 0 Å². The van der Waals surface area contributed by atoms with E-state index in [-0.39, 0.29) is 29.3 Å². The van der Waals surface area contributed by atoms with Crippen LogP contribution >= 0.6 is 11.3 Å². The number of aryl methyl sites for hydroxylation is 1. The van der Waals surface area contributed by atoms with Crippen LogP contribution in [0.15, 0.2) is 89.1 Å². The molecule has 3 aromatic carbocycles. The first kappa shape index (κ1) is 34.3. The van der Waals surface area contributed by atoms with Gasteiger partial charge in [0.2, 0.25) is 10.0 Å². The highest BCUT2D eigenvalue weighted by atomic mass is 32.2. The number of ether oxygens (including phenoxy) is 1. The Morgan fingerprint density at radius 2 is 1.69 bits per heavy atom. The lowest BCUT2D eigenvalue weighted by Gasteiger charge is -2.27. The van der Waals surface area contributed by atoms with E-state index in [0.29, 0.717) is 37.2 Å². The number of methoxy groups -OCH3 is 1. The van der Waals surface area contributed by atoms with E-state index in [1.807, 2.05) is 82.4 Å². The number of aromatic nitrogens is 1. The van der Waals surface area contributed by atoms with Gasteiger partial charge in [0.15, 0.2) is 0 Å². The van der Waals surface area contributed by atoms with Gasteiger partial charge < -0.3 is 10.1 Å². The van der Waals surface area contributed by atoms with Crippen molar-refractivity contribution in [2.24, 2.45) is 5.92 Å². The predicted molar refractivity (Wildman–Crippen MR) is 181 cm³/mol. The van der Waals surface area contributed by atoms with Gasteiger partial charge in [-0.1, -0.05) is 56.3 Å². The molecule has 0 aliphatic carbocycles. The first-order valence-electron chi connectivity index (χ1n) is 15.2. The van der Waals surface area contributed by atoms with E-state index in [1.165, 1.54) is 4.31 Å². The second-order valence-corrected chi connectivity index (χ2v) is 14.8. The molecule has 0 saturated heterocycles. The molecule has 0 bridgehead atoms. The molecule has 4 rings (SSSR count). The molecule has 4 aromatic rings. The van der Waals surface area contributed by atoms with Crippen LogP contribution in [-0.2, 0) is 29.5 Å². The Morgan fingerprint density at radius 1 is 0.978 bits per heavy atom. The second-order valence-electron chi connectivity index (χ2n) is 11.8. The molecule has 1 atom stereocenters. The van der Waals surface area contributed by atoms with Crippen LogP contribution in [0.4, 0.5) is 0 Å². The van der Waals surface area contributed by atoms with E-state index < -0.39 is 10.0 Å². The summed E-state index contributed by atoms with van der Waals surface area (Å²) in [5.74, 6) is 0.546. The lowest BCUT2D eigenvalue weighted by molar-refractivity contribution is 0.0933. The number of nitrogens with one attached hydrogen (secondary N) is 1. The lowest BCUT2D eigenvalue weighted by atomic mass is 10.0. The zero-order chi connectivity index (χ0) is 32.4. The fourth-order valence-electron chi connectivity index (χ4n) is 5.24. The van der Waals surface area contributed by atoms with Crippen LogP contribution in [0.3, 0.4) is 0 Å². The zero-order valence-corrected chi connectivity index (χ0v) is 28.4. The molecule has 8 nitrogen and oxygen atoms in total. The molecule has 0 aliphatic rings. The molecule has 45 heavy (non-hydrogen) atoms. The number of carbonyl (C=O) groups is 1. The van der Waals surface area contributed by atoms with Crippen LogP contribution in [0, 0.1) is 12.8 Å². The highest BCUT2D eigenvalue weighted by Crippen LogP contribution is 2.22. The highest BCUT2D eigenvalue weighted by molar-refractivity contribution is 7.89. The summed E-state index contributed by atoms with van der Waals surface area (Å²) in [5, 5.41) is 6.35. The van der Waals surface area contributed by atoms with Gasteiger partial charge in [0.1, 0.15) is 5.75 Å². The Bertz CT molecular complexity index is 1620. The van der Waals surface area contributed by atoms with Crippen LogP contribution in [-0.4, -0.2) is 61.8 Å². The Balaban J connectivity index is 1.49. The third-order valence-corrected chi connectivity index (χ3v) is 10.1. The van der Waals surface area contributed by atoms with Crippen molar-refractivity contribution in [2.75, 3.05) is 27.2 Å². The zero-order valence-electron chi connectivity index (χ0n) is 26.8. The Morgan fingerprint density at radius 3 is 2.33 bits per heavy atom. The number of rotatable bonds is 16. The molecule has 0 aliphatic heterocycles. The van der Waals surface area contributed by atoms with Crippen LogP contribution in [0.2, 0.25) is 0 Å². The average molecular weight is 649 g/mol. The molecule has 1 amide bonds. The summed E-state index contributed by atoms with van der Waals surface area (Å²) in [6, 6.07) is 23.8. The molecule has 0 saturated carbocycles. The van der Waals surface area contributed by atoms with Gasteiger partial charge in [-0.15, -0.1) is 11.3 Å². The van der Waals surface area contributed by atoms with Crippen LogP contribution in [0.25, 0.3) is 0 Å². The molecule has 0 spiro atoms. The van der Waals surface area contributed by atoms with Crippen molar-refractivity contribution in [3.8, 4) is 5.75 Å². The van der Waals surface area contributed by atoms with Gasteiger partial charge in [-0.3, -0.25) is 9.69 Å². The van der Waals surface area contributed by atoms with Crippen molar-refractivity contribution in [1.29, 1.82) is 0 Å². The third kappa shape index (κ3) is 10.2. The summed E-state index contributed by atoms with van der Waals surface area (Å²) >= 11 is 1.64. The monoisotopic (exact) mass is 648 g/mol. The van der Waals surface area contributed by atoms with Gasteiger partial charge in [0.05, 0.1) is 22.7 Å². The van der Waals surface area contributed by atoms with E-state index in [9.17, 15) is 13.2 Å². The smallest absolute Gasteiger partial charge is 0.251 e. The van der Waals surface area contributed by atoms with Gasteiger partial charge in [0.25, 0.3) is 5.91 Å². The van der Waals surface area contributed by atoms with Gasteiger partial charge in [-0.2, -0.15) is 4.31 Å². The van der Waals surface area contributed by atoms with Crippen molar-refractivity contribution in [1.82, 2.24) is 19.5 Å². The molecular weight excluding hydrogens is 605 g/mol. The molecule has 0 radical (unpaired) electrons. The fourth-order valence-corrected chi connectivity index (χ4v) is 7.46. The molecule has 1 heterocycles. The van der Waals surface area contributed by atoms with Crippen molar-refractivity contribution < 1.29 is 17.9 Å². The van der Waals surface area contributed by atoms with Gasteiger partial charge in [-0.05, 0) is 80.3 Å². The maximum Gasteiger partial charge on any atom is 0.251 e. The van der Waals surface area contributed by atoms with E-state index >= 15 is 0 Å². The number of carbonyl (C=O) groups excluding carboxylic acids is 1. The third-order valence-electron chi connectivity index (χ3n) is 7.39. The largest absolute Gasteiger partial charge is 0.497 e. The standard InChI is InChI=1S/C35H44N4O4S2/c1-26(2)22-39(45(41,42)34-16-14-33(43-5)15-17-34)19-18-31(21-28-10-7-6-8-11-28)37-35(40)30-13-9-12-29(20-30)23-38(4)24-32-25-44-27(3)36-32/h6-17,20,25-26,31H,18-19,21-24H2,1-5H3,(H,37,40)/t31-/m1/s1. The second kappa shape index (κ2) is 16.1. The molecule has 0 unspecified atom stereocenters. The molecule has 240 valence electrons. The number of thiazole rings is 1. The Kier molecular flexibility index (Phi) is 12.3. The van der Waals surface area contributed by atoms with E-state index in [4.69, 9.17) is 4.74 Å². The summed E-state index contributed by atoms with van der Waals surface area (Å²) in [4.78, 5) is 20.6. The fraction of sp³-hybridized carbons (Fsp3) is 0.371. The van der Waals surface area contributed by atoms with Crippen LogP contribution < -0.4 is 10.1 Å². The minimum absolute atomic E-state index is 0.126. The van der Waals surface area contributed by atoms with Crippen molar-refractivity contribution in [2.45, 2.75) is 57.6 Å². The SMILES string of the molecule is COc1ccc(S(=O)(=O)N(CC[C@H](Cc2ccccc2)NC(=O)c2cccc(CN(C)Cc3csc(C)n3)c2)CC(C)C)cc1. The van der Waals surface area contributed by atoms with E-state index in [1.54, 1.807) is 42.7 Å². The van der Waals surface area contributed by atoms with E-state index in [2.05, 4.69) is 20.6 Å². The quantitative estimate of drug-likeness (QED) is 0.156. The Labute approximate surface area is 272 Å². The number of benzene rings is 3. The van der Waals surface area contributed by atoms with Gasteiger partial charge in [0, 0.05) is 43.2 Å². The van der Waals surface area contributed by atoms with Crippen LogP contribution in [0.1, 0.15) is 52.5 Å². The average Bonchev–Trinajstić information content (AvgIpc) is 3.43. The number of sulfonamides is 1. The maximum absolute atomic E-state index is 13.7. The molecule has 1 aromatic heterocycles. The summed E-state index contributed by atoms with van der Waals surface area (Å²) in [5.41, 5.74) is 3.72. The maximum atomic E-state index is 13.7. The van der Waals surface area contributed by atoms with Crippen molar-refractivity contribution >= 4 is 27.3 Å². The normalized spacial score (nSPS) is 12.5. The number of amides is 1. The summed E-state index contributed by atoms with van der Waals surface area (Å²) in [6.45, 7) is 8.06. The molecule has 10 heteroatoms. The Hall–Kier alpha value is -3.57. The minimum Gasteiger partial charge on any atom is -0.497 e. The number of hydrogen-bond donors (Lipinski definition) is 1. The van der Waals surface area contributed by atoms with E-state index in [0.717, 1.165) is 28.4 Å². The number of hydrogen-bond acceptors (Lipinski definition) is 7. The van der Waals surface area contributed by atoms with Crippen LogP contribution in [0.5, 0.6) is 5.75 Å². The van der Waals surface area contributed by atoms with Gasteiger partial charge >= 0.3 is 0 Å². The topological polar surface area (TPSA) is 91.8 Å². The molecule has 1 N–H and O–H groups in total. The lowest BCUT2D eigenvalue weighted by Crippen LogP contribution is -2.41. The first-order valence-corrected chi connectivity index (χ1v) is 17.5. The summed E-state index contributed by atoms with van der Waals surface area (Å²) in [6.07, 6.45) is 1.04. The van der Waals surface area contributed by atoms with Gasteiger partial charge in [-0.25, -0.2) is 13.4 Å². The predicted octanol–water partition coefficient (Wildman–Crippen LogP) is 6.17. The number of nitrogens with zero attached hydrogens (tertiary/aromatic N) is 3. The van der Waals surface area contributed by atoms with Crippen molar-refractivity contribution in [3.05, 3.63) is 112 Å².